The minimum absolute atomic E-state index is 0.849. The SMILES string of the molecule is Ic1ncn(CC2CCC2)n1. The molecule has 11 heavy (non-hydrogen) atoms. The second-order valence-electron chi connectivity index (χ2n) is 3.03. The van der Waals surface area contributed by atoms with Crippen LogP contribution in [0.1, 0.15) is 19.3 Å². The highest BCUT2D eigenvalue weighted by atomic mass is 127. The molecule has 0 saturated heterocycles. The lowest BCUT2D eigenvalue weighted by atomic mass is 9.86. The molecular weight excluding hydrogens is 253 g/mol. The maximum atomic E-state index is 4.22. The molecule has 4 heteroatoms. The normalized spacial score (nSPS) is 18.3. The molecule has 0 spiro atoms. The Morgan fingerprint density at radius 3 is 2.91 bits per heavy atom. The van der Waals surface area contributed by atoms with Gasteiger partial charge in [-0.25, -0.2) is 4.98 Å². The lowest BCUT2D eigenvalue weighted by molar-refractivity contribution is 0.266. The van der Waals surface area contributed by atoms with Gasteiger partial charge in [0.1, 0.15) is 6.33 Å². The molecule has 1 aromatic heterocycles. The number of aromatic nitrogens is 3. The lowest BCUT2D eigenvalue weighted by Gasteiger charge is -2.24. The zero-order valence-electron chi connectivity index (χ0n) is 6.20. The van der Waals surface area contributed by atoms with Gasteiger partial charge in [0.15, 0.2) is 0 Å². The largest absolute Gasteiger partial charge is 0.252 e. The van der Waals surface area contributed by atoms with Gasteiger partial charge in [0, 0.05) is 29.1 Å². The summed E-state index contributed by atoms with van der Waals surface area (Å²) in [5.74, 6) is 0.868. The molecule has 0 radical (unpaired) electrons. The van der Waals surface area contributed by atoms with E-state index in [1.165, 1.54) is 19.3 Å². The average molecular weight is 263 g/mol. The fourth-order valence-electron chi connectivity index (χ4n) is 1.30. The molecule has 1 aromatic rings. The monoisotopic (exact) mass is 263 g/mol. The molecule has 0 unspecified atom stereocenters. The number of halogens is 1. The summed E-state index contributed by atoms with van der Waals surface area (Å²) in [7, 11) is 0. The molecule has 0 amide bonds. The second kappa shape index (κ2) is 3.08. The first kappa shape index (κ1) is 7.52. The van der Waals surface area contributed by atoms with Crippen molar-refractivity contribution in [2.24, 2.45) is 5.92 Å². The zero-order chi connectivity index (χ0) is 7.68. The first-order valence-electron chi connectivity index (χ1n) is 3.89. The van der Waals surface area contributed by atoms with Crippen LogP contribution >= 0.6 is 22.6 Å². The highest BCUT2D eigenvalue weighted by Gasteiger charge is 2.17. The van der Waals surface area contributed by atoms with E-state index in [9.17, 15) is 0 Å². The third-order valence-corrected chi connectivity index (χ3v) is 2.67. The molecular formula is C7H10IN3. The van der Waals surface area contributed by atoms with Crippen LogP contribution in [0.2, 0.25) is 0 Å². The van der Waals surface area contributed by atoms with Crippen molar-refractivity contribution >= 4 is 22.6 Å². The van der Waals surface area contributed by atoms with Crippen molar-refractivity contribution in [3.05, 3.63) is 10.2 Å². The van der Waals surface area contributed by atoms with Crippen molar-refractivity contribution in [2.75, 3.05) is 0 Å². The minimum Gasteiger partial charge on any atom is -0.252 e. The van der Waals surface area contributed by atoms with E-state index in [2.05, 4.69) is 32.7 Å². The summed E-state index contributed by atoms with van der Waals surface area (Å²) in [6.07, 6.45) is 5.96. The number of nitrogens with zero attached hydrogens (tertiary/aromatic N) is 3. The van der Waals surface area contributed by atoms with E-state index in [0.717, 1.165) is 16.3 Å². The maximum Gasteiger partial charge on any atom is 0.211 e. The van der Waals surface area contributed by atoms with E-state index in [4.69, 9.17) is 0 Å². The van der Waals surface area contributed by atoms with Crippen LogP contribution < -0.4 is 0 Å². The van der Waals surface area contributed by atoms with Gasteiger partial charge in [0.2, 0.25) is 3.83 Å². The van der Waals surface area contributed by atoms with Crippen LogP contribution in [-0.2, 0) is 6.54 Å². The van der Waals surface area contributed by atoms with Crippen LogP contribution in [0.3, 0.4) is 0 Å². The summed E-state index contributed by atoms with van der Waals surface area (Å²) in [5, 5.41) is 4.22. The maximum absolute atomic E-state index is 4.22. The molecule has 1 heterocycles. The molecule has 3 nitrogen and oxygen atoms in total. The van der Waals surface area contributed by atoms with Gasteiger partial charge >= 0.3 is 0 Å². The van der Waals surface area contributed by atoms with Crippen molar-refractivity contribution in [3.63, 3.8) is 0 Å². The molecule has 0 N–H and O–H groups in total. The standard InChI is InChI=1S/C7H10IN3/c8-7-9-5-11(10-7)4-6-2-1-3-6/h5-6H,1-4H2. The second-order valence-corrected chi connectivity index (χ2v) is 4.00. The van der Waals surface area contributed by atoms with Crippen molar-refractivity contribution < 1.29 is 0 Å². The summed E-state index contributed by atoms with van der Waals surface area (Å²) in [6, 6.07) is 0. The Labute approximate surface area is 79.3 Å². The number of hydrogen-bond donors (Lipinski definition) is 0. The predicted octanol–water partition coefficient (Wildman–Crippen LogP) is 1.68. The van der Waals surface area contributed by atoms with Crippen LogP contribution in [0.5, 0.6) is 0 Å². The molecule has 1 fully saturated rings. The fraction of sp³-hybridized carbons (Fsp3) is 0.714. The van der Waals surface area contributed by atoms with E-state index in [1.807, 2.05) is 11.0 Å². The van der Waals surface area contributed by atoms with E-state index in [1.54, 1.807) is 0 Å². The molecule has 60 valence electrons. The van der Waals surface area contributed by atoms with Gasteiger partial charge in [-0.15, -0.1) is 5.10 Å². The van der Waals surface area contributed by atoms with Crippen LogP contribution in [0.25, 0.3) is 0 Å². The van der Waals surface area contributed by atoms with Crippen molar-refractivity contribution in [3.8, 4) is 0 Å². The van der Waals surface area contributed by atoms with Crippen LogP contribution in [0.4, 0.5) is 0 Å². The summed E-state index contributed by atoms with van der Waals surface area (Å²) in [4.78, 5) is 4.07. The van der Waals surface area contributed by atoms with Crippen molar-refractivity contribution in [1.82, 2.24) is 14.8 Å². The van der Waals surface area contributed by atoms with Gasteiger partial charge in [-0.05, 0) is 18.8 Å². The quantitative estimate of drug-likeness (QED) is 0.760. The van der Waals surface area contributed by atoms with Gasteiger partial charge < -0.3 is 0 Å². The molecule has 2 rings (SSSR count). The topological polar surface area (TPSA) is 30.7 Å². The summed E-state index contributed by atoms with van der Waals surface area (Å²) in [5.41, 5.74) is 0. The van der Waals surface area contributed by atoms with Gasteiger partial charge in [0.05, 0.1) is 0 Å². The first-order chi connectivity index (χ1) is 5.34. The highest BCUT2D eigenvalue weighted by molar-refractivity contribution is 14.1. The smallest absolute Gasteiger partial charge is 0.211 e. The molecule has 0 aromatic carbocycles. The van der Waals surface area contributed by atoms with Gasteiger partial charge in [-0.3, -0.25) is 4.68 Å². The lowest BCUT2D eigenvalue weighted by Crippen LogP contribution is -2.18. The Kier molecular flexibility index (Phi) is 2.11. The van der Waals surface area contributed by atoms with Crippen molar-refractivity contribution in [2.45, 2.75) is 25.8 Å². The van der Waals surface area contributed by atoms with E-state index >= 15 is 0 Å². The van der Waals surface area contributed by atoms with Crippen LogP contribution in [0.15, 0.2) is 6.33 Å². The van der Waals surface area contributed by atoms with Gasteiger partial charge in [-0.1, -0.05) is 6.42 Å². The predicted molar refractivity (Wildman–Crippen MR) is 50.1 cm³/mol. The first-order valence-corrected chi connectivity index (χ1v) is 4.97. The van der Waals surface area contributed by atoms with E-state index in [-0.39, 0.29) is 0 Å². The molecule has 0 aliphatic heterocycles. The summed E-state index contributed by atoms with van der Waals surface area (Å²) >= 11 is 2.13. The minimum atomic E-state index is 0.849. The van der Waals surface area contributed by atoms with E-state index in [0.29, 0.717) is 0 Å². The number of rotatable bonds is 2. The molecule has 1 saturated carbocycles. The Balaban J connectivity index is 1.95. The van der Waals surface area contributed by atoms with Gasteiger partial charge in [-0.2, -0.15) is 0 Å². The molecule has 1 aliphatic carbocycles. The Morgan fingerprint density at radius 1 is 1.64 bits per heavy atom. The summed E-state index contributed by atoms with van der Waals surface area (Å²) in [6.45, 7) is 1.07. The Morgan fingerprint density at radius 2 is 2.45 bits per heavy atom. The van der Waals surface area contributed by atoms with Crippen LogP contribution in [0, 0.1) is 9.75 Å². The van der Waals surface area contributed by atoms with Crippen LogP contribution in [-0.4, -0.2) is 14.8 Å². The molecule has 1 aliphatic rings. The van der Waals surface area contributed by atoms with E-state index < -0.39 is 0 Å². The van der Waals surface area contributed by atoms with Gasteiger partial charge in [0.25, 0.3) is 0 Å². The summed E-state index contributed by atoms with van der Waals surface area (Å²) < 4.78 is 2.80. The third-order valence-electron chi connectivity index (χ3n) is 2.18. The number of hydrogen-bond acceptors (Lipinski definition) is 2. The Bertz CT molecular complexity index is 242. The molecule has 0 bridgehead atoms. The average Bonchev–Trinajstić information content (AvgIpc) is 2.27. The zero-order valence-corrected chi connectivity index (χ0v) is 8.36. The highest BCUT2D eigenvalue weighted by Crippen LogP contribution is 2.27. The Hall–Kier alpha value is -0.130. The fourth-order valence-corrected chi connectivity index (χ4v) is 1.70. The van der Waals surface area contributed by atoms with Crippen molar-refractivity contribution in [1.29, 1.82) is 0 Å². The third kappa shape index (κ3) is 1.72. The molecule has 0 atom stereocenters.